The molecule has 2 N–H and O–H groups in total. The fourth-order valence-electron chi connectivity index (χ4n) is 1.64. The van der Waals surface area contributed by atoms with Gasteiger partial charge in [0.05, 0.1) is 11.4 Å². The molecule has 0 saturated carbocycles. The molecule has 0 spiro atoms. The standard InChI is InChI=1S/C12H6Br4F2N2/c13-7-1-5(17)2-8(14)11(7)20(19)12-9(15)3-6(18)4-10(12)16/h1-4H,19H2. The van der Waals surface area contributed by atoms with Crippen LogP contribution in [0.5, 0.6) is 0 Å². The van der Waals surface area contributed by atoms with Gasteiger partial charge in [-0.15, -0.1) is 0 Å². The van der Waals surface area contributed by atoms with Crippen LogP contribution in [0.1, 0.15) is 0 Å². The first kappa shape index (κ1) is 16.4. The first-order chi connectivity index (χ1) is 9.31. The van der Waals surface area contributed by atoms with E-state index in [9.17, 15) is 8.78 Å². The summed E-state index contributed by atoms with van der Waals surface area (Å²) in [6.07, 6.45) is 0. The third-order valence-corrected chi connectivity index (χ3v) is 4.86. The Hall–Kier alpha value is -0.0200. The van der Waals surface area contributed by atoms with Gasteiger partial charge in [-0.1, -0.05) is 0 Å². The van der Waals surface area contributed by atoms with E-state index in [1.54, 1.807) is 0 Å². The van der Waals surface area contributed by atoms with Crippen molar-refractivity contribution < 1.29 is 8.78 Å². The van der Waals surface area contributed by atoms with E-state index in [-0.39, 0.29) is 0 Å². The quantitative estimate of drug-likeness (QED) is 0.376. The summed E-state index contributed by atoms with van der Waals surface area (Å²) in [7, 11) is 0. The van der Waals surface area contributed by atoms with Crippen LogP contribution < -0.4 is 10.9 Å². The highest BCUT2D eigenvalue weighted by atomic mass is 79.9. The monoisotopic (exact) mass is 532 g/mol. The van der Waals surface area contributed by atoms with Crippen LogP contribution in [0.15, 0.2) is 42.2 Å². The number of anilines is 2. The van der Waals surface area contributed by atoms with Gasteiger partial charge in [-0.3, -0.25) is 5.01 Å². The van der Waals surface area contributed by atoms with Crippen LogP contribution >= 0.6 is 63.7 Å². The van der Waals surface area contributed by atoms with E-state index in [0.717, 1.165) is 0 Å². The van der Waals surface area contributed by atoms with Gasteiger partial charge in [0.1, 0.15) is 11.6 Å². The summed E-state index contributed by atoms with van der Waals surface area (Å²) in [6, 6.07) is 5.19. The van der Waals surface area contributed by atoms with Gasteiger partial charge in [0, 0.05) is 17.9 Å². The van der Waals surface area contributed by atoms with Gasteiger partial charge >= 0.3 is 0 Å². The molecule has 106 valence electrons. The van der Waals surface area contributed by atoms with Crippen molar-refractivity contribution in [1.29, 1.82) is 0 Å². The molecule has 0 amide bonds. The lowest BCUT2D eigenvalue weighted by Gasteiger charge is -2.24. The molecular weight excluding hydrogens is 530 g/mol. The average Bonchev–Trinajstić information content (AvgIpc) is 2.25. The number of hydrogen-bond donors (Lipinski definition) is 1. The zero-order valence-electron chi connectivity index (χ0n) is 9.60. The molecule has 0 aromatic heterocycles. The van der Waals surface area contributed by atoms with Crippen molar-refractivity contribution >= 4 is 75.1 Å². The SMILES string of the molecule is NN(c1c(Br)cc(F)cc1Br)c1c(Br)cc(F)cc1Br. The lowest BCUT2D eigenvalue weighted by atomic mass is 10.2. The van der Waals surface area contributed by atoms with E-state index < -0.39 is 11.6 Å². The fourth-order valence-corrected chi connectivity index (χ4v) is 4.67. The normalized spacial score (nSPS) is 10.8. The highest BCUT2D eigenvalue weighted by Gasteiger charge is 2.19. The Morgan fingerprint density at radius 1 is 0.700 bits per heavy atom. The lowest BCUT2D eigenvalue weighted by molar-refractivity contribution is 0.625. The molecule has 20 heavy (non-hydrogen) atoms. The largest absolute Gasteiger partial charge is 0.275 e. The number of hydrogen-bond acceptors (Lipinski definition) is 2. The van der Waals surface area contributed by atoms with Crippen molar-refractivity contribution in [3.05, 3.63) is 53.8 Å². The molecule has 0 saturated heterocycles. The number of hydrazine groups is 1. The molecule has 0 unspecified atom stereocenters. The van der Waals surface area contributed by atoms with E-state index in [0.29, 0.717) is 29.3 Å². The number of rotatable bonds is 2. The lowest BCUT2D eigenvalue weighted by Crippen LogP contribution is -2.26. The minimum atomic E-state index is -0.405. The van der Waals surface area contributed by atoms with Gasteiger partial charge in [0.25, 0.3) is 0 Å². The molecule has 0 aliphatic rings. The van der Waals surface area contributed by atoms with Crippen LogP contribution in [-0.4, -0.2) is 0 Å². The number of nitrogens with two attached hydrogens (primary N) is 1. The van der Waals surface area contributed by atoms with Crippen molar-refractivity contribution in [2.75, 3.05) is 5.01 Å². The van der Waals surface area contributed by atoms with E-state index in [1.165, 1.54) is 29.3 Å². The van der Waals surface area contributed by atoms with Crippen LogP contribution in [0, 0.1) is 11.6 Å². The van der Waals surface area contributed by atoms with Gasteiger partial charge in [0.2, 0.25) is 0 Å². The summed E-state index contributed by atoms with van der Waals surface area (Å²) in [5.41, 5.74) is 1.03. The molecule has 8 heteroatoms. The van der Waals surface area contributed by atoms with E-state index in [1.807, 2.05) is 0 Å². The average molecular weight is 536 g/mol. The highest BCUT2D eigenvalue weighted by molar-refractivity contribution is 9.11. The minimum absolute atomic E-state index is 0.405. The Balaban J connectivity index is 2.61. The van der Waals surface area contributed by atoms with Crippen LogP contribution in [0.25, 0.3) is 0 Å². The topological polar surface area (TPSA) is 29.3 Å². The van der Waals surface area contributed by atoms with Crippen molar-refractivity contribution in [2.24, 2.45) is 5.84 Å². The first-order valence-electron chi connectivity index (χ1n) is 5.15. The zero-order chi connectivity index (χ0) is 15.0. The third kappa shape index (κ3) is 3.24. The van der Waals surface area contributed by atoms with Gasteiger partial charge in [-0.2, -0.15) is 0 Å². The van der Waals surface area contributed by atoms with Crippen molar-refractivity contribution in [3.8, 4) is 0 Å². The summed E-state index contributed by atoms with van der Waals surface area (Å²) in [5, 5.41) is 1.32. The number of benzene rings is 2. The second-order valence-corrected chi connectivity index (χ2v) is 7.22. The Kier molecular flexibility index (Phi) is 5.23. The summed E-state index contributed by atoms with van der Waals surface area (Å²) in [4.78, 5) is 0. The molecule has 2 aromatic rings. The molecule has 2 rings (SSSR count). The van der Waals surface area contributed by atoms with Crippen LogP contribution in [-0.2, 0) is 0 Å². The maximum absolute atomic E-state index is 13.3. The third-order valence-electron chi connectivity index (χ3n) is 2.45. The molecule has 2 nitrogen and oxygen atoms in total. The molecule has 0 atom stereocenters. The predicted octanol–water partition coefficient (Wildman–Crippen LogP) is 6.03. The number of halogens is 6. The second-order valence-electron chi connectivity index (χ2n) is 3.81. The van der Waals surface area contributed by atoms with Gasteiger partial charge in [-0.05, 0) is 88.0 Å². The van der Waals surface area contributed by atoms with E-state index >= 15 is 0 Å². The molecule has 0 fully saturated rings. The van der Waals surface area contributed by atoms with Crippen LogP contribution in [0.3, 0.4) is 0 Å². The molecule has 0 aliphatic carbocycles. The second kappa shape index (κ2) is 6.39. The van der Waals surface area contributed by atoms with Crippen LogP contribution in [0.4, 0.5) is 20.2 Å². The first-order valence-corrected chi connectivity index (χ1v) is 8.32. The van der Waals surface area contributed by atoms with E-state index in [2.05, 4.69) is 63.7 Å². The summed E-state index contributed by atoms with van der Waals surface area (Å²) < 4.78 is 28.5. The molecule has 0 bridgehead atoms. The fraction of sp³-hybridized carbons (Fsp3) is 0. The molecular formula is C12H6Br4F2N2. The van der Waals surface area contributed by atoms with E-state index in [4.69, 9.17) is 5.84 Å². The highest BCUT2D eigenvalue weighted by Crippen LogP contribution is 2.42. The minimum Gasteiger partial charge on any atom is -0.275 e. The maximum Gasteiger partial charge on any atom is 0.125 e. The molecule has 0 radical (unpaired) electrons. The predicted molar refractivity (Wildman–Crippen MR) is 89.9 cm³/mol. The van der Waals surface area contributed by atoms with Gasteiger partial charge in [0.15, 0.2) is 0 Å². The Morgan fingerprint density at radius 3 is 1.20 bits per heavy atom. The summed E-state index contributed by atoms with van der Waals surface area (Å²) in [6.45, 7) is 0. The van der Waals surface area contributed by atoms with Crippen molar-refractivity contribution in [2.45, 2.75) is 0 Å². The van der Waals surface area contributed by atoms with Gasteiger partial charge < -0.3 is 0 Å². The number of nitrogens with zero attached hydrogens (tertiary/aromatic N) is 1. The Morgan fingerprint density at radius 2 is 0.950 bits per heavy atom. The van der Waals surface area contributed by atoms with Gasteiger partial charge in [-0.25, -0.2) is 14.6 Å². The van der Waals surface area contributed by atoms with Crippen molar-refractivity contribution in [3.63, 3.8) is 0 Å². The molecule has 2 aromatic carbocycles. The maximum atomic E-state index is 13.3. The van der Waals surface area contributed by atoms with Crippen molar-refractivity contribution in [1.82, 2.24) is 0 Å². The van der Waals surface area contributed by atoms with Crippen LogP contribution in [0.2, 0.25) is 0 Å². The Bertz CT molecular complexity index is 575. The molecule has 0 heterocycles. The summed E-state index contributed by atoms with van der Waals surface area (Å²) >= 11 is 13.1. The molecule has 0 aliphatic heterocycles. The summed E-state index contributed by atoms with van der Waals surface area (Å²) in [5.74, 6) is 5.28. The Labute approximate surface area is 147 Å². The zero-order valence-corrected chi connectivity index (χ0v) is 15.9. The smallest absolute Gasteiger partial charge is 0.125 e.